The molecule has 0 atom stereocenters. The summed E-state index contributed by atoms with van der Waals surface area (Å²) in [7, 11) is 0. The number of hydrogen-bond donors (Lipinski definition) is 1. The van der Waals surface area contributed by atoms with Crippen molar-refractivity contribution in [3.05, 3.63) is 290 Å². The molecular weight excluding hydrogens is 1150 g/mol. The van der Waals surface area contributed by atoms with E-state index in [1.165, 1.54) is 0 Å². The van der Waals surface area contributed by atoms with Gasteiger partial charge in [-0.25, -0.2) is 20.0 Å². The summed E-state index contributed by atoms with van der Waals surface area (Å²) in [6.45, 7) is 2.14. The third-order valence-electron chi connectivity index (χ3n) is 12.6. The predicted molar refractivity (Wildman–Crippen MR) is 321 cm³/mol. The van der Waals surface area contributed by atoms with Crippen molar-refractivity contribution in [3.8, 4) is 40.2 Å². The average molecular weight is 1200 g/mol. The first-order valence-electron chi connectivity index (χ1n) is 26.1. The monoisotopic (exact) mass is 1200 g/mol. The maximum Gasteiger partial charge on any atom is 0.154 e. The number of amidine groups is 2. The highest BCUT2D eigenvalue weighted by molar-refractivity contribution is 9.10. The Hall–Kier alpha value is -9.24. The number of nitrogens with zero attached hydrogens (tertiary/aromatic N) is 4. The zero-order valence-corrected chi connectivity index (χ0v) is 47.0. The number of pyridine rings is 2. The largest absolute Gasteiger partial charge is 0.489 e. The smallest absolute Gasteiger partial charge is 0.154 e. The molecule has 81 heavy (non-hydrogen) atoms. The van der Waals surface area contributed by atoms with E-state index in [0.717, 1.165) is 59.0 Å². The molecule has 10 aromatic rings. The van der Waals surface area contributed by atoms with Crippen molar-refractivity contribution in [2.45, 2.75) is 46.2 Å². The van der Waals surface area contributed by atoms with Crippen LogP contribution in [0.15, 0.2) is 250 Å². The minimum Gasteiger partial charge on any atom is -0.489 e. The zero-order chi connectivity index (χ0) is 55.0. The van der Waals surface area contributed by atoms with E-state index in [2.05, 4.69) is 47.1 Å². The third-order valence-corrected chi connectivity index (χ3v) is 13.6. The molecule has 0 aliphatic carbocycles. The number of nitrogens with one attached hydrogen (secondary N) is 1. The van der Waals surface area contributed by atoms with Crippen LogP contribution in [-0.2, 0) is 46.2 Å². The van der Waals surface area contributed by atoms with Gasteiger partial charge < -0.3 is 38.5 Å². The van der Waals surface area contributed by atoms with Crippen LogP contribution in [0.4, 0.5) is 11.6 Å². The molecule has 0 saturated carbocycles. The maximum absolute atomic E-state index is 6.66. The van der Waals surface area contributed by atoms with E-state index in [1.54, 1.807) is 12.4 Å². The van der Waals surface area contributed by atoms with Crippen molar-refractivity contribution in [2.75, 3.05) is 0 Å². The number of benzene rings is 8. The first kappa shape index (κ1) is 53.7. The standard InChI is InChI=1S/C67H53Br2N5O7/c68-53-21-25-64(70-37-53)72-66-62-24-23-55(36-63(62)67(74-66)73-65-26-22-54(69)38-71-65)75-43-50-27-60(80-44-51-29-56(76-39-46-13-5-1-6-14-46)33-57(30-51)77-40-47-15-7-2-8-16-47)35-61(28-50)81-45-52-31-58(78-41-48-17-9-3-10-18-48)34-59(32-52)79-42-49-19-11-4-12-20-49/h1-38H,39-45H2,(H,70,71,72,73,74). The molecule has 402 valence electrons. The van der Waals surface area contributed by atoms with E-state index in [9.17, 15) is 0 Å². The molecule has 0 saturated heterocycles. The van der Waals surface area contributed by atoms with E-state index in [0.29, 0.717) is 90.0 Å². The van der Waals surface area contributed by atoms with Gasteiger partial charge in [-0.2, -0.15) is 0 Å². The molecule has 12 nitrogen and oxygen atoms in total. The second kappa shape index (κ2) is 26.6. The lowest BCUT2D eigenvalue weighted by Gasteiger charge is -2.16. The minimum atomic E-state index is 0.171. The second-order valence-corrected chi connectivity index (χ2v) is 20.7. The predicted octanol–water partition coefficient (Wildman–Crippen LogP) is 15.8. The van der Waals surface area contributed by atoms with Crippen molar-refractivity contribution in [3.63, 3.8) is 0 Å². The molecule has 1 aliphatic rings. The highest BCUT2D eigenvalue weighted by atomic mass is 79.9. The van der Waals surface area contributed by atoms with Gasteiger partial charge >= 0.3 is 0 Å². The van der Waals surface area contributed by atoms with Gasteiger partial charge in [-0.05, 0) is 150 Å². The summed E-state index contributed by atoms with van der Waals surface area (Å²) in [6, 6.07) is 71.1. The molecule has 11 rings (SSSR count). The number of hydrogen-bond acceptors (Lipinski definition) is 11. The van der Waals surface area contributed by atoms with Crippen molar-refractivity contribution in [1.82, 2.24) is 15.3 Å². The normalized spacial score (nSPS) is 12.6. The van der Waals surface area contributed by atoms with Crippen molar-refractivity contribution in [1.29, 1.82) is 0 Å². The Morgan fingerprint density at radius 1 is 0.296 bits per heavy atom. The molecule has 0 fully saturated rings. The fraction of sp³-hybridized carbons (Fsp3) is 0.104. The average Bonchev–Trinajstić information content (AvgIpc) is 3.97. The Morgan fingerprint density at radius 3 is 0.926 bits per heavy atom. The van der Waals surface area contributed by atoms with Crippen molar-refractivity contribution < 1.29 is 33.2 Å². The van der Waals surface area contributed by atoms with Crippen LogP contribution in [0.5, 0.6) is 40.2 Å². The van der Waals surface area contributed by atoms with Gasteiger partial charge in [-0.1, -0.05) is 121 Å². The molecule has 14 heteroatoms. The summed E-state index contributed by atoms with van der Waals surface area (Å²) < 4.78 is 47.0. The third kappa shape index (κ3) is 15.5. The summed E-state index contributed by atoms with van der Waals surface area (Å²) in [5.74, 6) is 6.60. The summed E-state index contributed by atoms with van der Waals surface area (Å²) in [6.07, 6.45) is 3.42. The van der Waals surface area contributed by atoms with Gasteiger partial charge in [0.25, 0.3) is 0 Å². The second-order valence-electron chi connectivity index (χ2n) is 18.8. The van der Waals surface area contributed by atoms with Crippen LogP contribution < -0.4 is 38.5 Å². The molecule has 1 aliphatic heterocycles. The minimum absolute atomic E-state index is 0.171. The number of rotatable bonds is 23. The number of aromatic nitrogens is 2. The van der Waals surface area contributed by atoms with Gasteiger partial charge in [0.05, 0.1) is 0 Å². The van der Waals surface area contributed by atoms with Gasteiger partial charge in [0.15, 0.2) is 11.6 Å². The molecule has 0 bridgehead atoms. The summed E-state index contributed by atoms with van der Waals surface area (Å²) in [4.78, 5) is 18.7. The van der Waals surface area contributed by atoms with Crippen LogP contribution in [0.3, 0.4) is 0 Å². The highest BCUT2D eigenvalue weighted by Crippen LogP contribution is 2.32. The van der Waals surface area contributed by atoms with Crippen LogP contribution in [0.25, 0.3) is 0 Å². The fourth-order valence-electron chi connectivity index (χ4n) is 8.64. The Morgan fingerprint density at radius 2 is 0.605 bits per heavy atom. The van der Waals surface area contributed by atoms with Crippen molar-refractivity contribution >= 4 is 55.2 Å². The van der Waals surface area contributed by atoms with Gasteiger partial charge in [0.1, 0.15) is 98.2 Å². The number of ether oxygens (including phenoxy) is 7. The molecule has 2 aromatic heterocycles. The van der Waals surface area contributed by atoms with E-state index in [-0.39, 0.29) is 19.8 Å². The number of halogens is 2. The lowest BCUT2D eigenvalue weighted by molar-refractivity contribution is 0.273. The molecule has 1 N–H and O–H groups in total. The fourth-order valence-corrected chi connectivity index (χ4v) is 9.11. The Kier molecular flexibility index (Phi) is 17.7. The summed E-state index contributed by atoms with van der Waals surface area (Å²) in [5, 5.41) is 3.40. The number of fused-ring (bicyclic) bond motifs is 1. The van der Waals surface area contributed by atoms with E-state index in [4.69, 9.17) is 43.1 Å². The van der Waals surface area contributed by atoms with E-state index >= 15 is 0 Å². The van der Waals surface area contributed by atoms with Crippen LogP contribution in [0.1, 0.15) is 50.1 Å². The summed E-state index contributed by atoms with van der Waals surface area (Å²) >= 11 is 6.95. The van der Waals surface area contributed by atoms with E-state index < -0.39 is 0 Å². The van der Waals surface area contributed by atoms with Crippen molar-refractivity contribution in [2.24, 2.45) is 9.98 Å². The lowest BCUT2D eigenvalue weighted by atomic mass is 10.1. The molecular formula is C67H53Br2N5O7. The number of aliphatic imine (C=N–C) groups is 2. The zero-order valence-electron chi connectivity index (χ0n) is 43.8. The quantitative estimate of drug-likeness (QED) is 0.0661. The first-order chi connectivity index (χ1) is 39.8. The highest BCUT2D eigenvalue weighted by Gasteiger charge is 2.25. The van der Waals surface area contributed by atoms with E-state index in [1.807, 2.05) is 218 Å². The van der Waals surface area contributed by atoms with Gasteiger partial charge in [-0.3, -0.25) is 0 Å². The van der Waals surface area contributed by atoms with Crippen LogP contribution in [0, 0.1) is 0 Å². The van der Waals surface area contributed by atoms with Crippen LogP contribution >= 0.6 is 31.9 Å². The van der Waals surface area contributed by atoms with Crippen LogP contribution in [0.2, 0.25) is 0 Å². The SMILES string of the molecule is Brc1ccc(N=C2NC(=Nc3ccc(Br)cn3)c3cc(OCc4cc(OCc5cc(OCc6ccccc6)cc(OCc6ccccc6)c5)cc(OCc5cc(OCc6ccccc6)cc(OCc6ccccc6)c5)c4)ccc32)nc1. The Bertz CT molecular complexity index is 3480. The lowest BCUT2D eigenvalue weighted by Crippen LogP contribution is -2.22. The van der Waals surface area contributed by atoms with Gasteiger partial charge in [0, 0.05) is 50.7 Å². The molecule has 8 aromatic carbocycles. The molecule has 0 radical (unpaired) electrons. The first-order valence-corrected chi connectivity index (χ1v) is 27.7. The molecule has 0 spiro atoms. The summed E-state index contributed by atoms with van der Waals surface area (Å²) in [5.41, 5.74) is 8.34. The maximum atomic E-state index is 6.66. The molecule has 3 heterocycles. The molecule has 0 amide bonds. The van der Waals surface area contributed by atoms with Gasteiger partial charge in [0.2, 0.25) is 0 Å². The van der Waals surface area contributed by atoms with Gasteiger partial charge in [-0.15, -0.1) is 0 Å². The van der Waals surface area contributed by atoms with Crippen LogP contribution in [-0.4, -0.2) is 21.6 Å². The topological polar surface area (TPSA) is 127 Å². The Balaban J connectivity index is 0.878. The molecule has 0 unspecified atom stereocenters. The Labute approximate surface area is 487 Å².